The van der Waals surface area contributed by atoms with Crippen LogP contribution in [-0.4, -0.2) is 0 Å². The van der Waals surface area contributed by atoms with E-state index in [4.69, 9.17) is 4.74 Å². The van der Waals surface area contributed by atoms with Crippen molar-refractivity contribution < 1.29 is 4.74 Å². The zero-order valence-electron chi connectivity index (χ0n) is 12.2. The summed E-state index contributed by atoms with van der Waals surface area (Å²) >= 11 is 0. The molecule has 2 aromatic carbocycles. The Bertz CT molecular complexity index is 550. The number of hydrogen-bond donors (Lipinski definition) is 0. The van der Waals surface area contributed by atoms with E-state index in [1.807, 2.05) is 30.3 Å². The molecule has 2 rings (SSSR count). The zero-order valence-corrected chi connectivity index (χ0v) is 12.2. The Morgan fingerprint density at radius 3 is 2.05 bits per heavy atom. The van der Waals surface area contributed by atoms with E-state index in [1.165, 1.54) is 5.56 Å². The average Bonchev–Trinajstić information content (AvgIpc) is 2.33. The van der Waals surface area contributed by atoms with Gasteiger partial charge >= 0.3 is 0 Å². The van der Waals surface area contributed by atoms with E-state index >= 15 is 0 Å². The second-order valence-electron chi connectivity index (χ2n) is 6.21. The molecule has 0 saturated heterocycles. The maximum atomic E-state index is 6.09. The van der Waals surface area contributed by atoms with Crippen molar-refractivity contribution >= 4 is 0 Å². The Kier molecular flexibility index (Phi) is 3.94. The van der Waals surface area contributed by atoms with Crippen LogP contribution in [0.4, 0.5) is 0 Å². The van der Waals surface area contributed by atoms with Gasteiger partial charge in [0.15, 0.2) is 0 Å². The minimum Gasteiger partial charge on any atom is -0.457 e. The molecule has 100 valence electrons. The van der Waals surface area contributed by atoms with E-state index in [2.05, 4.69) is 45.9 Å². The van der Waals surface area contributed by atoms with Gasteiger partial charge in [0.05, 0.1) is 0 Å². The number of aryl methyl sites for hydroxylation is 1. The highest BCUT2D eigenvalue weighted by atomic mass is 16.5. The lowest BCUT2D eigenvalue weighted by Crippen LogP contribution is -2.10. The van der Waals surface area contributed by atoms with Gasteiger partial charge in [-0.15, -0.1) is 0 Å². The van der Waals surface area contributed by atoms with Gasteiger partial charge in [-0.05, 0) is 42.0 Å². The summed E-state index contributed by atoms with van der Waals surface area (Å²) in [6.07, 6.45) is 1.01. The molecule has 0 aliphatic heterocycles. The Labute approximate surface area is 116 Å². The molecule has 0 aliphatic carbocycles. The van der Waals surface area contributed by atoms with Crippen LogP contribution in [-0.2, 0) is 6.42 Å². The minimum atomic E-state index is 0.255. The van der Waals surface area contributed by atoms with Gasteiger partial charge in [-0.1, -0.05) is 57.2 Å². The molecule has 0 amide bonds. The van der Waals surface area contributed by atoms with E-state index < -0.39 is 0 Å². The number of rotatable bonds is 3. The molecule has 0 atom stereocenters. The van der Waals surface area contributed by atoms with Gasteiger partial charge < -0.3 is 4.74 Å². The summed E-state index contributed by atoms with van der Waals surface area (Å²) < 4.78 is 6.09. The van der Waals surface area contributed by atoms with Crippen molar-refractivity contribution in [1.29, 1.82) is 0 Å². The Morgan fingerprint density at radius 1 is 0.842 bits per heavy atom. The lowest BCUT2D eigenvalue weighted by atomic mass is 9.88. The topological polar surface area (TPSA) is 9.23 Å². The van der Waals surface area contributed by atoms with Crippen LogP contribution in [0.1, 0.15) is 31.9 Å². The molecule has 0 radical (unpaired) electrons. The molecule has 0 bridgehead atoms. The number of ether oxygens (including phenoxy) is 1. The van der Waals surface area contributed by atoms with Gasteiger partial charge in [-0.25, -0.2) is 0 Å². The first-order valence-electron chi connectivity index (χ1n) is 6.77. The molecular weight excluding hydrogens is 232 g/mol. The summed E-state index contributed by atoms with van der Waals surface area (Å²) in [7, 11) is 0. The van der Waals surface area contributed by atoms with Crippen molar-refractivity contribution in [2.24, 2.45) is 5.41 Å². The van der Waals surface area contributed by atoms with Crippen LogP contribution in [0.2, 0.25) is 0 Å². The van der Waals surface area contributed by atoms with Crippen molar-refractivity contribution in [2.75, 3.05) is 0 Å². The van der Waals surface area contributed by atoms with E-state index in [0.717, 1.165) is 23.5 Å². The molecule has 19 heavy (non-hydrogen) atoms. The molecule has 1 nitrogen and oxygen atoms in total. The van der Waals surface area contributed by atoms with Crippen LogP contribution < -0.4 is 4.74 Å². The maximum absolute atomic E-state index is 6.09. The van der Waals surface area contributed by atoms with Crippen LogP contribution >= 0.6 is 0 Å². The van der Waals surface area contributed by atoms with Gasteiger partial charge in [0.2, 0.25) is 0 Å². The second-order valence-corrected chi connectivity index (χ2v) is 6.21. The molecule has 0 saturated carbocycles. The summed E-state index contributed by atoms with van der Waals surface area (Å²) in [6.45, 7) is 8.81. The lowest BCUT2D eigenvalue weighted by molar-refractivity contribution is 0.397. The normalized spacial score (nSPS) is 11.4. The SMILES string of the molecule is Cc1ccccc1Oc1ccccc1CC(C)(C)C. The highest BCUT2D eigenvalue weighted by Gasteiger charge is 2.15. The van der Waals surface area contributed by atoms with Gasteiger partial charge in [-0.3, -0.25) is 0 Å². The van der Waals surface area contributed by atoms with Crippen molar-refractivity contribution in [1.82, 2.24) is 0 Å². The third-order valence-electron chi connectivity index (χ3n) is 3.01. The predicted molar refractivity (Wildman–Crippen MR) is 80.9 cm³/mol. The first-order valence-corrected chi connectivity index (χ1v) is 6.77. The van der Waals surface area contributed by atoms with Crippen molar-refractivity contribution in [3.05, 3.63) is 59.7 Å². The summed E-state index contributed by atoms with van der Waals surface area (Å²) in [4.78, 5) is 0. The fourth-order valence-corrected chi connectivity index (χ4v) is 2.11. The average molecular weight is 254 g/mol. The molecule has 0 fully saturated rings. The fraction of sp³-hybridized carbons (Fsp3) is 0.333. The molecule has 0 aromatic heterocycles. The molecule has 0 N–H and O–H groups in total. The van der Waals surface area contributed by atoms with Gasteiger partial charge in [0.25, 0.3) is 0 Å². The van der Waals surface area contributed by atoms with Gasteiger partial charge in [0, 0.05) is 0 Å². The lowest BCUT2D eigenvalue weighted by Gasteiger charge is -2.20. The predicted octanol–water partition coefficient (Wildman–Crippen LogP) is 5.38. The molecule has 2 aromatic rings. The standard InChI is InChI=1S/C18H22O/c1-14-9-5-7-11-16(14)19-17-12-8-6-10-15(17)13-18(2,3)4/h5-12H,13H2,1-4H3. The second kappa shape index (κ2) is 5.48. The fourth-order valence-electron chi connectivity index (χ4n) is 2.11. The third-order valence-corrected chi connectivity index (χ3v) is 3.01. The first-order chi connectivity index (χ1) is 8.96. The highest BCUT2D eigenvalue weighted by Crippen LogP contribution is 2.31. The third kappa shape index (κ3) is 3.85. The minimum absolute atomic E-state index is 0.255. The Balaban J connectivity index is 2.28. The molecule has 0 unspecified atom stereocenters. The van der Waals surface area contributed by atoms with Crippen molar-refractivity contribution in [3.63, 3.8) is 0 Å². The first kappa shape index (κ1) is 13.7. The highest BCUT2D eigenvalue weighted by molar-refractivity contribution is 5.41. The molecule has 1 heteroatoms. The van der Waals surface area contributed by atoms with Crippen molar-refractivity contribution in [2.45, 2.75) is 34.1 Å². The smallest absolute Gasteiger partial charge is 0.130 e. The van der Waals surface area contributed by atoms with E-state index in [9.17, 15) is 0 Å². The van der Waals surface area contributed by atoms with Crippen LogP contribution in [0.15, 0.2) is 48.5 Å². The van der Waals surface area contributed by atoms with Crippen LogP contribution in [0.5, 0.6) is 11.5 Å². The molecule has 0 spiro atoms. The van der Waals surface area contributed by atoms with Crippen molar-refractivity contribution in [3.8, 4) is 11.5 Å². The number of hydrogen-bond acceptors (Lipinski definition) is 1. The maximum Gasteiger partial charge on any atom is 0.130 e. The monoisotopic (exact) mass is 254 g/mol. The number of para-hydroxylation sites is 2. The largest absolute Gasteiger partial charge is 0.457 e. The summed E-state index contributed by atoms with van der Waals surface area (Å²) in [5.74, 6) is 1.90. The molecular formula is C18H22O. The van der Waals surface area contributed by atoms with Crippen LogP contribution in [0, 0.1) is 12.3 Å². The molecule has 0 aliphatic rings. The van der Waals surface area contributed by atoms with Gasteiger partial charge in [-0.2, -0.15) is 0 Å². The zero-order chi connectivity index (χ0) is 13.9. The summed E-state index contributed by atoms with van der Waals surface area (Å²) in [6, 6.07) is 16.4. The van der Waals surface area contributed by atoms with Gasteiger partial charge in [0.1, 0.15) is 11.5 Å². The summed E-state index contributed by atoms with van der Waals surface area (Å²) in [5.41, 5.74) is 2.68. The van der Waals surface area contributed by atoms with E-state index in [1.54, 1.807) is 0 Å². The Hall–Kier alpha value is -1.76. The van der Waals surface area contributed by atoms with Crippen LogP contribution in [0.3, 0.4) is 0 Å². The number of benzene rings is 2. The summed E-state index contributed by atoms with van der Waals surface area (Å²) in [5, 5.41) is 0. The van der Waals surface area contributed by atoms with E-state index in [-0.39, 0.29) is 5.41 Å². The van der Waals surface area contributed by atoms with E-state index in [0.29, 0.717) is 0 Å². The van der Waals surface area contributed by atoms with Crippen LogP contribution in [0.25, 0.3) is 0 Å². The molecule has 0 heterocycles. The quantitative estimate of drug-likeness (QED) is 0.715. The Morgan fingerprint density at radius 2 is 1.42 bits per heavy atom.